The number of carbonyl (C=O) groups excluding carboxylic acids is 1. The molecule has 1 N–H and O–H groups in total. The molecule has 0 radical (unpaired) electrons. The first-order chi connectivity index (χ1) is 11.0. The summed E-state index contributed by atoms with van der Waals surface area (Å²) in [6, 6.07) is 5.56. The zero-order valence-electron chi connectivity index (χ0n) is 13.5. The summed E-state index contributed by atoms with van der Waals surface area (Å²) in [7, 11) is 3.65. The van der Waals surface area contributed by atoms with Crippen molar-refractivity contribution in [2.75, 3.05) is 45.2 Å². The third-order valence-electron chi connectivity index (χ3n) is 4.21. The number of nitrogens with one attached hydrogen (secondary N) is 1. The minimum absolute atomic E-state index is 0.0648. The Kier molecular flexibility index (Phi) is 6.20. The van der Waals surface area contributed by atoms with Crippen molar-refractivity contribution in [3.63, 3.8) is 0 Å². The second kappa shape index (κ2) is 8.14. The summed E-state index contributed by atoms with van der Waals surface area (Å²) >= 11 is 5.92. The number of pyridine rings is 1. The van der Waals surface area contributed by atoms with Crippen molar-refractivity contribution >= 4 is 23.3 Å². The Bertz CT molecular complexity index is 593. The fourth-order valence-electron chi connectivity index (χ4n) is 2.81. The fraction of sp³-hybridized carbons (Fsp3) is 0.562. The lowest BCUT2D eigenvalue weighted by Gasteiger charge is -2.33. The molecule has 0 saturated carbocycles. The van der Waals surface area contributed by atoms with E-state index in [9.17, 15) is 4.79 Å². The fourth-order valence-corrected chi connectivity index (χ4v) is 2.96. The van der Waals surface area contributed by atoms with E-state index in [0.29, 0.717) is 17.5 Å². The van der Waals surface area contributed by atoms with E-state index in [-0.39, 0.29) is 11.6 Å². The van der Waals surface area contributed by atoms with Gasteiger partial charge in [-0.1, -0.05) is 11.6 Å². The van der Waals surface area contributed by atoms with E-state index in [1.54, 1.807) is 13.1 Å². The van der Waals surface area contributed by atoms with E-state index in [0.717, 1.165) is 38.3 Å². The second-order valence-electron chi connectivity index (χ2n) is 5.88. The van der Waals surface area contributed by atoms with Crippen molar-refractivity contribution in [1.82, 2.24) is 15.2 Å². The summed E-state index contributed by atoms with van der Waals surface area (Å²) in [6.07, 6.45) is 2.11. The first kappa shape index (κ1) is 17.5. The number of hydrogen-bond acceptors (Lipinski definition) is 5. The Morgan fingerprint density at radius 1 is 1.52 bits per heavy atom. The molecule has 7 heteroatoms. The minimum Gasteiger partial charge on any atom is -0.359 e. The lowest BCUT2D eigenvalue weighted by molar-refractivity contribution is -0.122. The number of rotatable bonds is 5. The van der Waals surface area contributed by atoms with Crippen LogP contribution < -0.4 is 10.2 Å². The Labute approximate surface area is 142 Å². The van der Waals surface area contributed by atoms with Crippen LogP contribution in [0, 0.1) is 17.2 Å². The number of nitriles is 1. The number of likely N-dealkylation sites (N-methyl/N-ethyl adjacent to an activating group) is 1. The van der Waals surface area contributed by atoms with Crippen LogP contribution in [0.4, 0.5) is 5.82 Å². The van der Waals surface area contributed by atoms with Crippen LogP contribution in [-0.4, -0.2) is 56.1 Å². The number of nitrogens with zero attached hydrogens (tertiary/aromatic N) is 4. The summed E-state index contributed by atoms with van der Waals surface area (Å²) in [5, 5.41) is 12.1. The molecule has 0 spiro atoms. The summed E-state index contributed by atoms with van der Waals surface area (Å²) in [6.45, 7) is 3.23. The average molecular weight is 336 g/mol. The molecular formula is C16H22ClN5O. The van der Waals surface area contributed by atoms with Crippen molar-refractivity contribution in [2.24, 2.45) is 5.92 Å². The average Bonchev–Trinajstić information content (AvgIpc) is 2.56. The van der Waals surface area contributed by atoms with E-state index in [1.807, 2.05) is 19.2 Å². The Morgan fingerprint density at radius 2 is 2.22 bits per heavy atom. The van der Waals surface area contributed by atoms with Gasteiger partial charge in [-0.15, -0.1) is 0 Å². The van der Waals surface area contributed by atoms with Crippen molar-refractivity contribution in [1.29, 1.82) is 5.26 Å². The van der Waals surface area contributed by atoms with E-state index >= 15 is 0 Å². The third kappa shape index (κ3) is 4.81. The molecule has 1 aliphatic rings. The molecule has 2 heterocycles. The van der Waals surface area contributed by atoms with Gasteiger partial charge in [0.15, 0.2) is 5.69 Å². The number of carbonyl (C=O) groups is 1. The number of halogens is 1. The SMILES string of the molecule is CNC(=O)CN1CCC(CN(C)c2ccc(Cl)c(C#N)n2)CC1. The highest BCUT2D eigenvalue weighted by Gasteiger charge is 2.22. The Morgan fingerprint density at radius 3 is 2.83 bits per heavy atom. The maximum atomic E-state index is 11.4. The van der Waals surface area contributed by atoms with Crippen molar-refractivity contribution < 1.29 is 4.79 Å². The molecule has 1 aromatic heterocycles. The Balaban J connectivity index is 1.86. The predicted octanol–water partition coefficient (Wildman–Crippen LogP) is 1.50. The largest absolute Gasteiger partial charge is 0.359 e. The lowest BCUT2D eigenvalue weighted by Crippen LogP contribution is -2.42. The summed E-state index contributed by atoms with van der Waals surface area (Å²) in [5.74, 6) is 1.39. The van der Waals surface area contributed by atoms with E-state index in [4.69, 9.17) is 16.9 Å². The first-order valence-electron chi connectivity index (χ1n) is 7.74. The normalized spacial score (nSPS) is 15.9. The number of anilines is 1. The third-order valence-corrected chi connectivity index (χ3v) is 4.52. The molecule has 1 amide bonds. The molecule has 1 saturated heterocycles. The van der Waals surface area contributed by atoms with Crippen molar-refractivity contribution in [3.8, 4) is 6.07 Å². The van der Waals surface area contributed by atoms with Gasteiger partial charge in [0.2, 0.25) is 5.91 Å². The van der Waals surface area contributed by atoms with Crippen LogP contribution in [0.2, 0.25) is 5.02 Å². The molecular weight excluding hydrogens is 314 g/mol. The smallest absolute Gasteiger partial charge is 0.233 e. The van der Waals surface area contributed by atoms with Gasteiger partial charge in [0.25, 0.3) is 0 Å². The topological polar surface area (TPSA) is 72.3 Å². The highest BCUT2D eigenvalue weighted by Crippen LogP contribution is 2.22. The van der Waals surface area contributed by atoms with Crippen LogP contribution in [0.25, 0.3) is 0 Å². The molecule has 124 valence electrons. The number of hydrogen-bond donors (Lipinski definition) is 1. The van der Waals surface area contributed by atoms with Gasteiger partial charge in [0.1, 0.15) is 11.9 Å². The van der Waals surface area contributed by atoms with Crippen molar-refractivity contribution in [2.45, 2.75) is 12.8 Å². The van der Waals surface area contributed by atoms with Crippen LogP contribution in [-0.2, 0) is 4.79 Å². The van der Waals surface area contributed by atoms with Crippen LogP contribution in [0.5, 0.6) is 0 Å². The van der Waals surface area contributed by atoms with Gasteiger partial charge in [0, 0.05) is 20.6 Å². The highest BCUT2D eigenvalue weighted by atomic mass is 35.5. The molecule has 0 atom stereocenters. The number of likely N-dealkylation sites (tertiary alicyclic amines) is 1. The number of piperidine rings is 1. The monoisotopic (exact) mass is 335 g/mol. The number of aromatic nitrogens is 1. The van der Waals surface area contributed by atoms with Crippen LogP contribution >= 0.6 is 11.6 Å². The summed E-state index contributed by atoms with van der Waals surface area (Å²) in [4.78, 5) is 19.9. The van der Waals surface area contributed by atoms with Gasteiger partial charge >= 0.3 is 0 Å². The summed E-state index contributed by atoms with van der Waals surface area (Å²) in [5.41, 5.74) is 0.261. The van der Waals surface area contributed by atoms with Gasteiger partial charge < -0.3 is 10.2 Å². The van der Waals surface area contributed by atoms with E-state index < -0.39 is 0 Å². The van der Waals surface area contributed by atoms with Gasteiger partial charge in [-0.05, 0) is 44.0 Å². The molecule has 1 fully saturated rings. The Hall–Kier alpha value is -1.84. The zero-order chi connectivity index (χ0) is 16.8. The van der Waals surface area contributed by atoms with Gasteiger partial charge in [0.05, 0.1) is 11.6 Å². The predicted molar refractivity (Wildman–Crippen MR) is 90.5 cm³/mol. The molecule has 0 unspecified atom stereocenters. The first-order valence-corrected chi connectivity index (χ1v) is 8.12. The molecule has 0 aliphatic carbocycles. The molecule has 1 aliphatic heterocycles. The summed E-state index contributed by atoms with van der Waals surface area (Å²) < 4.78 is 0. The molecule has 2 rings (SSSR count). The van der Waals surface area contributed by atoms with Gasteiger partial charge in [-0.25, -0.2) is 4.98 Å². The van der Waals surface area contributed by atoms with Crippen LogP contribution in [0.1, 0.15) is 18.5 Å². The zero-order valence-corrected chi connectivity index (χ0v) is 14.3. The minimum atomic E-state index is 0.0648. The maximum absolute atomic E-state index is 11.4. The molecule has 0 aromatic carbocycles. The van der Waals surface area contributed by atoms with E-state index in [2.05, 4.69) is 20.1 Å². The second-order valence-corrected chi connectivity index (χ2v) is 6.29. The number of amides is 1. The molecule has 0 bridgehead atoms. The van der Waals surface area contributed by atoms with Gasteiger partial charge in [-0.2, -0.15) is 5.26 Å². The molecule has 6 nitrogen and oxygen atoms in total. The van der Waals surface area contributed by atoms with E-state index in [1.165, 1.54) is 0 Å². The standard InChI is InChI=1S/C16H22ClN5O/c1-19-16(23)11-22-7-5-12(6-8-22)10-21(2)15-4-3-13(17)14(9-18)20-15/h3-4,12H,5-8,10-11H2,1-2H3,(H,19,23). The molecule has 1 aromatic rings. The van der Waals surface area contributed by atoms with Crippen LogP contribution in [0.15, 0.2) is 12.1 Å². The maximum Gasteiger partial charge on any atom is 0.233 e. The lowest BCUT2D eigenvalue weighted by atomic mass is 9.96. The highest BCUT2D eigenvalue weighted by molar-refractivity contribution is 6.31. The van der Waals surface area contributed by atoms with Crippen molar-refractivity contribution in [3.05, 3.63) is 22.8 Å². The van der Waals surface area contributed by atoms with Crippen LogP contribution in [0.3, 0.4) is 0 Å². The van der Waals surface area contributed by atoms with Gasteiger partial charge in [-0.3, -0.25) is 9.69 Å². The molecule has 23 heavy (non-hydrogen) atoms. The quantitative estimate of drug-likeness (QED) is 0.883.